The molecule has 1 aromatic carbocycles. The summed E-state index contributed by atoms with van der Waals surface area (Å²) in [4.78, 5) is 31.8. The Labute approximate surface area is 149 Å². The third-order valence-corrected chi connectivity index (χ3v) is 5.51. The molecule has 1 aliphatic heterocycles. The van der Waals surface area contributed by atoms with Gasteiger partial charge in [-0.3, -0.25) is 9.59 Å². The Bertz CT molecular complexity index is 786. The quantitative estimate of drug-likeness (QED) is 0.893. The highest BCUT2D eigenvalue weighted by Crippen LogP contribution is 2.40. The average molecular weight is 358 g/mol. The van der Waals surface area contributed by atoms with Crippen LogP contribution in [0.4, 0.5) is 5.13 Å². The van der Waals surface area contributed by atoms with Gasteiger partial charge in [-0.25, -0.2) is 0 Å². The summed E-state index contributed by atoms with van der Waals surface area (Å²) in [7, 11) is 0. The number of carboxylic acids is 1. The molecular weight excluding hydrogens is 340 g/mol. The van der Waals surface area contributed by atoms with E-state index in [4.69, 9.17) is 5.11 Å². The van der Waals surface area contributed by atoms with Gasteiger partial charge in [0.25, 0.3) is 0 Å². The van der Waals surface area contributed by atoms with Crippen LogP contribution in [0.2, 0.25) is 0 Å². The number of amides is 1. The normalized spacial score (nSPS) is 22.7. The number of hydrogen-bond donors (Lipinski definition) is 1. The van der Waals surface area contributed by atoms with Crippen LogP contribution in [-0.2, 0) is 9.59 Å². The van der Waals surface area contributed by atoms with Gasteiger partial charge in [0.15, 0.2) is 5.82 Å². The fourth-order valence-corrected chi connectivity index (χ4v) is 3.88. The molecule has 2 aromatic rings. The number of hydrogen-bond acceptors (Lipinski definition) is 6. The molecule has 130 valence electrons. The maximum absolute atomic E-state index is 12.3. The predicted octanol–water partition coefficient (Wildman–Crippen LogP) is 1.57. The van der Waals surface area contributed by atoms with E-state index >= 15 is 0 Å². The fraction of sp³-hybridized carbons (Fsp3) is 0.412. The second-order valence-corrected chi connectivity index (χ2v) is 7.10. The van der Waals surface area contributed by atoms with E-state index in [0.29, 0.717) is 32.6 Å². The molecule has 0 radical (unpaired) electrons. The zero-order chi connectivity index (χ0) is 17.4. The Hall–Kier alpha value is -2.48. The van der Waals surface area contributed by atoms with Gasteiger partial charge < -0.3 is 14.9 Å². The van der Waals surface area contributed by atoms with Gasteiger partial charge in [0.05, 0.1) is 11.8 Å². The molecule has 0 bridgehead atoms. The maximum atomic E-state index is 12.3. The topological polar surface area (TPSA) is 86.6 Å². The highest BCUT2D eigenvalue weighted by molar-refractivity contribution is 7.09. The van der Waals surface area contributed by atoms with Crippen molar-refractivity contribution in [3.63, 3.8) is 0 Å². The van der Waals surface area contributed by atoms with Crippen LogP contribution in [0, 0.1) is 11.8 Å². The number of anilines is 1. The lowest BCUT2D eigenvalue weighted by molar-refractivity contribution is -0.142. The van der Waals surface area contributed by atoms with Gasteiger partial charge in [0.2, 0.25) is 11.0 Å². The number of rotatable bonds is 4. The SMILES string of the molecule is O=C(O)C1CC1C(=O)N1CCN(c2nc(-c3ccccc3)ns2)CC1. The van der Waals surface area contributed by atoms with E-state index in [1.165, 1.54) is 11.5 Å². The zero-order valence-corrected chi connectivity index (χ0v) is 14.4. The molecule has 1 aliphatic carbocycles. The molecule has 2 unspecified atom stereocenters. The van der Waals surface area contributed by atoms with Crippen molar-refractivity contribution in [1.29, 1.82) is 0 Å². The lowest BCUT2D eigenvalue weighted by Crippen LogP contribution is -2.49. The summed E-state index contributed by atoms with van der Waals surface area (Å²) in [6.45, 7) is 2.59. The molecule has 8 heteroatoms. The zero-order valence-electron chi connectivity index (χ0n) is 13.5. The third-order valence-electron chi connectivity index (χ3n) is 4.73. The van der Waals surface area contributed by atoms with E-state index in [1.54, 1.807) is 4.90 Å². The summed E-state index contributed by atoms with van der Waals surface area (Å²) in [5, 5.41) is 9.83. The van der Waals surface area contributed by atoms with Gasteiger partial charge >= 0.3 is 5.97 Å². The second-order valence-electron chi connectivity index (χ2n) is 6.37. The summed E-state index contributed by atoms with van der Waals surface area (Å²) in [6.07, 6.45) is 0.477. The van der Waals surface area contributed by atoms with Crippen molar-refractivity contribution in [2.24, 2.45) is 11.8 Å². The van der Waals surface area contributed by atoms with Gasteiger partial charge in [0, 0.05) is 43.3 Å². The van der Waals surface area contributed by atoms with Crippen molar-refractivity contribution in [2.45, 2.75) is 6.42 Å². The van der Waals surface area contributed by atoms with Crippen LogP contribution in [0.15, 0.2) is 30.3 Å². The summed E-state index contributed by atoms with van der Waals surface area (Å²) in [5.74, 6) is -0.965. The molecule has 1 amide bonds. The van der Waals surface area contributed by atoms with Crippen LogP contribution in [0.1, 0.15) is 6.42 Å². The standard InChI is InChI=1S/C17H18N4O3S/c22-15(12-10-13(12)16(23)24)20-6-8-21(9-7-20)17-18-14(19-25-17)11-4-2-1-3-5-11/h1-5,12-13H,6-10H2,(H,23,24). The minimum atomic E-state index is -0.862. The van der Waals surface area contributed by atoms with E-state index < -0.39 is 11.9 Å². The van der Waals surface area contributed by atoms with Crippen LogP contribution < -0.4 is 4.90 Å². The van der Waals surface area contributed by atoms with Gasteiger partial charge in [-0.2, -0.15) is 9.36 Å². The molecule has 4 rings (SSSR count). The largest absolute Gasteiger partial charge is 0.481 e. The van der Waals surface area contributed by atoms with E-state index in [-0.39, 0.29) is 11.8 Å². The van der Waals surface area contributed by atoms with Crippen LogP contribution >= 0.6 is 11.5 Å². The summed E-state index contributed by atoms with van der Waals surface area (Å²) >= 11 is 1.37. The molecule has 2 fully saturated rings. The number of piperazine rings is 1. The Morgan fingerprint density at radius 3 is 2.44 bits per heavy atom. The highest BCUT2D eigenvalue weighted by Gasteiger charge is 2.50. The van der Waals surface area contributed by atoms with Gasteiger partial charge in [-0.05, 0) is 6.42 Å². The Morgan fingerprint density at radius 2 is 1.80 bits per heavy atom. The average Bonchev–Trinajstić information content (AvgIpc) is 3.31. The van der Waals surface area contributed by atoms with E-state index in [1.807, 2.05) is 30.3 Å². The molecule has 7 nitrogen and oxygen atoms in total. The number of carbonyl (C=O) groups is 2. The molecule has 0 spiro atoms. The number of carbonyl (C=O) groups excluding carboxylic acids is 1. The number of aromatic nitrogens is 2. The van der Waals surface area contributed by atoms with Crippen molar-refractivity contribution < 1.29 is 14.7 Å². The van der Waals surface area contributed by atoms with Crippen molar-refractivity contribution in [1.82, 2.24) is 14.3 Å². The smallest absolute Gasteiger partial charge is 0.307 e. The molecular formula is C17H18N4O3S. The number of carboxylic acid groups (broad SMARTS) is 1. The fourth-order valence-electron chi connectivity index (χ4n) is 3.14. The minimum Gasteiger partial charge on any atom is -0.481 e. The first-order valence-electron chi connectivity index (χ1n) is 8.29. The minimum absolute atomic E-state index is 0.0192. The molecule has 2 heterocycles. The first kappa shape index (κ1) is 16.0. The molecule has 1 saturated carbocycles. The van der Waals surface area contributed by atoms with E-state index in [2.05, 4.69) is 14.3 Å². The summed E-state index contributed by atoms with van der Waals surface area (Å²) in [5.41, 5.74) is 0.993. The third kappa shape index (κ3) is 3.21. The van der Waals surface area contributed by atoms with Crippen LogP contribution in [0.3, 0.4) is 0 Å². The number of nitrogens with zero attached hydrogens (tertiary/aromatic N) is 4. The molecule has 1 N–H and O–H groups in total. The van der Waals surface area contributed by atoms with Crippen molar-refractivity contribution in [3.05, 3.63) is 30.3 Å². The molecule has 2 aliphatic rings. The maximum Gasteiger partial charge on any atom is 0.307 e. The second kappa shape index (κ2) is 6.44. The first-order chi connectivity index (χ1) is 12.1. The van der Waals surface area contributed by atoms with Crippen LogP contribution in [-0.4, -0.2) is 57.4 Å². The van der Waals surface area contributed by atoms with Gasteiger partial charge in [-0.15, -0.1) is 0 Å². The van der Waals surface area contributed by atoms with E-state index in [9.17, 15) is 9.59 Å². The number of benzene rings is 1. The van der Waals surface area contributed by atoms with Crippen LogP contribution in [0.25, 0.3) is 11.4 Å². The first-order valence-corrected chi connectivity index (χ1v) is 9.06. The Morgan fingerprint density at radius 1 is 1.08 bits per heavy atom. The summed E-state index contributed by atoms with van der Waals surface area (Å²) < 4.78 is 4.43. The molecule has 2 atom stereocenters. The van der Waals surface area contributed by atoms with Crippen LogP contribution in [0.5, 0.6) is 0 Å². The highest BCUT2D eigenvalue weighted by atomic mass is 32.1. The lowest BCUT2D eigenvalue weighted by Gasteiger charge is -2.34. The van der Waals surface area contributed by atoms with Gasteiger partial charge in [-0.1, -0.05) is 30.3 Å². The molecule has 1 aromatic heterocycles. The predicted molar refractivity (Wildman–Crippen MR) is 93.4 cm³/mol. The number of aliphatic carboxylic acids is 1. The Balaban J connectivity index is 1.36. The molecule has 1 saturated heterocycles. The van der Waals surface area contributed by atoms with Gasteiger partial charge in [0.1, 0.15) is 0 Å². The van der Waals surface area contributed by atoms with Crippen molar-refractivity contribution >= 4 is 28.5 Å². The lowest BCUT2D eigenvalue weighted by atomic mass is 10.2. The molecule has 25 heavy (non-hydrogen) atoms. The van der Waals surface area contributed by atoms with Crippen molar-refractivity contribution in [3.8, 4) is 11.4 Å². The Kier molecular flexibility index (Phi) is 4.12. The van der Waals surface area contributed by atoms with E-state index in [0.717, 1.165) is 16.5 Å². The monoisotopic (exact) mass is 358 g/mol. The van der Waals surface area contributed by atoms with Crippen molar-refractivity contribution in [2.75, 3.05) is 31.1 Å². The summed E-state index contributed by atoms with van der Waals surface area (Å²) in [6, 6.07) is 9.85.